The molecule has 0 radical (unpaired) electrons. The minimum atomic E-state index is -0.631. The standard InChI is InChI=1S/C26H22F2N4O2/c1-30-25(17-11-18(27)13-19(28)12-17)21-14-20-5-2-6-23(24(21)29-30)32(20)26(33)16-7-8-22-15(10-16)4-3-9-31(22)34/h3-4,7-13,20,23H,2,5-6,14H2,1H3/t20-,23+/m0/s1. The Hall–Kier alpha value is -3.81. The predicted molar refractivity (Wildman–Crippen MR) is 122 cm³/mol. The van der Waals surface area contributed by atoms with Gasteiger partial charge in [-0.2, -0.15) is 9.83 Å². The maximum atomic E-state index is 14.0. The van der Waals surface area contributed by atoms with Gasteiger partial charge in [0.25, 0.3) is 5.91 Å². The van der Waals surface area contributed by atoms with Crippen LogP contribution in [-0.4, -0.2) is 26.6 Å². The van der Waals surface area contributed by atoms with E-state index in [1.54, 1.807) is 36.0 Å². The molecule has 172 valence electrons. The maximum Gasteiger partial charge on any atom is 0.254 e. The molecule has 34 heavy (non-hydrogen) atoms. The molecule has 2 aromatic heterocycles. The number of carbonyl (C=O) groups excluding carboxylic acids is 1. The van der Waals surface area contributed by atoms with Crippen molar-refractivity contribution >= 4 is 16.8 Å². The van der Waals surface area contributed by atoms with Crippen LogP contribution in [0.25, 0.3) is 22.2 Å². The summed E-state index contributed by atoms with van der Waals surface area (Å²) in [6.45, 7) is 0. The van der Waals surface area contributed by atoms with E-state index in [1.807, 2.05) is 11.0 Å². The Morgan fingerprint density at radius 2 is 1.91 bits per heavy atom. The largest absolute Gasteiger partial charge is 0.618 e. The molecule has 1 amide bonds. The van der Waals surface area contributed by atoms with Gasteiger partial charge in [0.05, 0.1) is 17.4 Å². The van der Waals surface area contributed by atoms with E-state index >= 15 is 0 Å². The Bertz CT molecular complexity index is 1440. The van der Waals surface area contributed by atoms with Crippen molar-refractivity contribution in [1.82, 2.24) is 14.7 Å². The molecule has 0 unspecified atom stereocenters. The van der Waals surface area contributed by atoms with Gasteiger partial charge in [0.15, 0.2) is 6.20 Å². The summed E-state index contributed by atoms with van der Waals surface area (Å²) in [6, 6.07) is 11.9. The number of pyridine rings is 1. The van der Waals surface area contributed by atoms with Gasteiger partial charge >= 0.3 is 0 Å². The summed E-state index contributed by atoms with van der Waals surface area (Å²) >= 11 is 0. The van der Waals surface area contributed by atoms with Crippen LogP contribution in [0.2, 0.25) is 0 Å². The Labute approximate surface area is 194 Å². The van der Waals surface area contributed by atoms with Gasteiger partial charge in [-0.1, -0.05) is 0 Å². The topological polar surface area (TPSA) is 65.1 Å². The molecule has 4 heterocycles. The lowest BCUT2D eigenvalue weighted by molar-refractivity contribution is -0.577. The highest BCUT2D eigenvalue weighted by Gasteiger charge is 2.43. The number of hydrogen-bond acceptors (Lipinski definition) is 3. The van der Waals surface area contributed by atoms with E-state index in [2.05, 4.69) is 0 Å². The lowest BCUT2D eigenvalue weighted by Gasteiger charge is -2.45. The summed E-state index contributed by atoms with van der Waals surface area (Å²) in [5.74, 6) is -1.35. The van der Waals surface area contributed by atoms with Gasteiger partial charge in [-0.25, -0.2) is 8.78 Å². The summed E-state index contributed by atoms with van der Waals surface area (Å²) in [5, 5.41) is 17.5. The molecule has 2 aliphatic rings. The Morgan fingerprint density at radius 1 is 1.12 bits per heavy atom. The highest BCUT2D eigenvalue weighted by atomic mass is 19.1. The number of hydrogen-bond donors (Lipinski definition) is 0. The minimum Gasteiger partial charge on any atom is -0.618 e. The molecule has 2 atom stereocenters. The van der Waals surface area contributed by atoms with Gasteiger partial charge in [0.2, 0.25) is 5.52 Å². The molecule has 0 aliphatic carbocycles. The van der Waals surface area contributed by atoms with Crippen molar-refractivity contribution < 1.29 is 18.3 Å². The van der Waals surface area contributed by atoms with Crippen molar-refractivity contribution in [2.75, 3.05) is 0 Å². The number of nitrogens with zero attached hydrogens (tertiary/aromatic N) is 4. The van der Waals surface area contributed by atoms with Crippen LogP contribution >= 0.6 is 0 Å². The Kier molecular flexibility index (Phi) is 4.65. The molecule has 1 fully saturated rings. The summed E-state index contributed by atoms with van der Waals surface area (Å²) in [6.07, 6.45) is 4.61. The molecule has 2 aliphatic heterocycles. The fourth-order valence-corrected chi connectivity index (χ4v) is 5.68. The lowest BCUT2D eigenvalue weighted by atomic mass is 9.81. The van der Waals surface area contributed by atoms with Crippen LogP contribution in [0, 0.1) is 16.8 Å². The number of piperidine rings is 1. The minimum absolute atomic E-state index is 0.0315. The average molecular weight is 460 g/mol. The van der Waals surface area contributed by atoms with E-state index in [9.17, 15) is 18.8 Å². The van der Waals surface area contributed by atoms with E-state index in [1.165, 1.54) is 18.3 Å². The summed E-state index contributed by atoms with van der Waals surface area (Å²) in [4.78, 5) is 15.6. The highest BCUT2D eigenvalue weighted by molar-refractivity contribution is 5.98. The van der Waals surface area contributed by atoms with Crippen molar-refractivity contribution in [3.05, 3.63) is 88.4 Å². The predicted octanol–water partition coefficient (Wildman–Crippen LogP) is 4.44. The highest BCUT2D eigenvalue weighted by Crippen LogP contribution is 2.45. The van der Waals surface area contributed by atoms with Crippen LogP contribution in [0.4, 0.5) is 8.78 Å². The van der Waals surface area contributed by atoms with E-state index in [4.69, 9.17) is 5.10 Å². The molecule has 0 N–H and O–H groups in total. The van der Waals surface area contributed by atoms with Gasteiger partial charge in [0, 0.05) is 53.4 Å². The average Bonchev–Trinajstić information content (AvgIpc) is 3.13. The summed E-state index contributed by atoms with van der Waals surface area (Å²) < 4.78 is 30.4. The molecule has 2 aromatic carbocycles. The van der Waals surface area contributed by atoms with Crippen molar-refractivity contribution in [3.8, 4) is 11.3 Å². The quantitative estimate of drug-likeness (QED) is 0.328. The zero-order valence-corrected chi connectivity index (χ0v) is 18.5. The molecular weight excluding hydrogens is 438 g/mol. The van der Waals surface area contributed by atoms with Crippen LogP contribution < -0.4 is 4.73 Å². The number of rotatable bonds is 2. The smallest absolute Gasteiger partial charge is 0.254 e. The number of aromatic nitrogens is 3. The maximum absolute atomic E-state index is 14.0. The van der Waals surface area contributed by atoms with Crippen LogP contribution in [0.15, 0.2) is 54.7 Å². The van der Waals surface area contributed by atoms with Crippen LogP contribution in [-0.2, 0) is 13.5 Å². The fraction of sp³-hybridized carbons (Fsp3) is 0.269. The molecule has 4 aromatic rings. The van der Waals surface area contributed by atoms with Gasteiger partial charge in [-0.15, -0.1) is 0 Å². The normalized spacial score (nSPS) is 19.3. The second-order valence-electron chi connectivity index (χ2n) is 9.12. The number of fused-ring (bicyclic) bond motifs is 5. The molecule has 2 bridgehead atoms. The first-order valence-electron chi connectivity index (χ1n) is 11.4. The number of amides is 1. The lowest BCUT2D eigenvalue weighted by Crippen LogP contribution is -2.49. The van der Waals surface area contributed by atoms with Crippen molar-refractivity contribution in [2.24, 2.45) is 7.05 Å². The van der Waals surface area contributed by atoms with Crippen LogP contribution in [0.1, 0.15) is 46.9 Å². The second kappa shape index (κ2) is 7.62. The van der Waals surface area contributed by atoms with E-state index in [-0.39, 0.29) is 18.0 Å². The van der Waals surface area contributed by atoms with Crippen molar-refractivity contribution in [3.63, 3.8) is 0 Å². The molecular formula is C26H22F2N4O2. The van der Waals surface area contributed by atoms with E-state index < -0.39 is 11.6 Å². The number of carbonyl (C=O) groups is 1. The molecule has 1 saturated heterocycles. The monoisotopic (exact) mass is 460 g/mol. The first-order valence-corrected chi connectivity index (χ1v) is 11.4. The van der Waals surface area contributed by atoms with E-state index in [0.29, 0.717) is 34.1 Å². The third-order valence-electron chi connectivity index (χ3n) is 7.06. The molecule has 6 rings (SSSR count). The second-order valence-corrected chi connectivity index (χ2v) is 9.12. The third kappa shape index (κ3) is 3.16. The Morgan fingerprint density at radius 3 is 2.71 bits per heavy atom. The van der Waals surface area contributed by atoms with Crippen LogP contribution in [0.5, 0.6) is 0 Å². The van der Waals surface area contributed by atoms with Crippen LogP contribution in [0.3, 0.4) is 0 Å². The molecule has 0 spiro atoms. The van der Waals surface area contributed by atoms with Gasteiger partial charge in [-0.05, 0) is 56.0 Å². The number of benzene rings is 2. The van der Waals surface area contributed by atoms with Gasteiger partial charge < -0.3 is 10.1 Å². The third-order valence-corrected chi connectivity index (χ3v) is 7.06. The van der Waals surface area contributed by atoms with Gasteiger partial charge in [0.1, 0.15) is 11.6 Å². The zero-order chi connectivity index (χ0) is 23.6. The Balaban J connectivity index is 1.42. The number of aryl methyl sites for hydroxylation is 1. The summed E-state index contributed by atoms with van der Waals surface area (Å²) in [7, 11) is 1.77. The SMILES string of the molecule is Cn1nc2c(c1-c1cc(F)cc(F)c1)C[C@@H]1CCC[C@H]2N1C(=O)c1ccc2c(ccc[n+]2[O-])c1. The van der Waals surface area contributed by atoms with Gasteiger partial charge in [-0.3, -0.25) is 9.48 Å². The van der Waals surface area contributed by atoms with Crippen molar-refractivity contribution in [2.45, 2.75) is 37.8 Å². The number of halogens is 2. The first-order chi connectivity index (χ1) is 16.4. The van der Waals surface area contributed by atoms with Crippen molar-refractivity contribution in [1.29, 1.82) is 0 Å². The molecule has 6 nitrogen and oxygen atoms in total. The summed E-state index contributed by atoms with van der Waals surface area (Å²) in [5.41, 5.74) is 3.94. The first kappa shape index (κ1) is 20.8. The zero-order valence-electron chi connectivity index (χ0n) is 18.5. The molecule has 0 saturated carbocycles. The fourth-order valence-electron chi connectivity index (χ4n) is 5.68. The van der Waals surface area contributed by atoms with E-state index in [0.717, 1.165) is 41.3 Å². The molecule has 8 heteroatoms.